The Labute approximate surface area is 297 Å². The quantitative estimate of drug-likeness (QED) is 0.290. The maximum Gasteiger partial charge on any atom is 0.161 e. The van der Waals surface area contributed by atoms with Crippen LogP contribution in [0.3, 0.4) is 0 Å². The van der Waals surface area contributed by atoms with Crippen LogP contribution < -0.4 is 9.47 Å². The van der Waals surface area contributed by atoms with E-state index in [4.69, 9.17) is 9.47 Å². The van der Waals surface area contributed by atoms with E-state index in [1.54, 1.807) is 12.2 Å². The van der Waals surface area contributed by atoms with E-state index < -0.39 is 46.6 Å². The van der Waals surface area contributed by atoms with Crippen molar-refractivity contribution in [1.29, 1.82) is 0 Å². The molecule has 0 saturated heterocycles. The second-order valence-corrected chi connectivity index (χ2v) is 19.6. The molecule has 50 heavy (non-hydrogen) atoms. The molecule has 0 amide bonds. The summed E-state index contributed by atoms with van der Waals surface area (Å²) in [5, 5.41) is 24.7. The van der Waals surface area contributed by atoms with Gasteiger partial charge in [0.15, 0.2) is 23.5 Å². The van der Waals surface area contributed by atoms with Gasteiger partial charge in [-0.25, -0.2) is 8.78 Å². The van der Waals surface area contributed by atoms with Gasteiger partial charge in [-0.15, -0.1) is 0 Å². The highest BCUT2D eigenvalue weighted by Gasteiger charge is 2.55. The predicted octanol–water partition coefficient (Wildman–Crippen LogP) is 9.91. The summed E-state index contributed by atoms with van der Waals surface area (Å²) in [6.07, 6.45) is 1.72. The van der Waals surface area contributed by atoms with Crippen LogP contribution in [0, 0.1) is 10.8 Å². The lowest BCUT2D eigenvalue weighted by molar-refractivity contribution is -0.00272. The zero-order chi connectivity index (χ0) is 36.7. The lowest BCUT2D eigenvalue weighted by Gasteiger charge is -2.41. The molecule has 6 heteroatoms. The molecule has 3 aliphatic heterocycles. The molecule has 7 rings (SSSR count). The minimum absolute atomic E-state index is 0.185. The van der Waals surface area contributed by atoms with Gasteiger partial charge in [-0.2, -0.15) is 0 Å². The summed E-state index contributed by atoms with van der Waals surface area (Å²) in [4.78, 5) is 0. The summed E-state index contributed by atoms with van der Waals surface area (Å²) in [5.41, 5.74) is 1.80. The van der Waals surface area contributed by atoms with Gasteiger partial charge in [-0.1, -0.05) is 107 Å². The van der Waals surface area contributed by atoms with E-state index in [9.17, 15) is 10.2 Å². The van der Waals surface area contributed by atoms with Crippen molar-refractivity contribution in [2.45, 2.75) is 143 Å². The second kappa shape index (κ2) is 10.7. The molecule has 2 aromatic rings. The Morgan fingerprint density at radius 2 is 0.900 bits per heavy atom. The number of aliphatic hydroxyl groups excluding tert-OH is 2. The van der Waals surface area contributed by atoms with E-state index >= 15 is 8.78 Å². The van der Waals surface area contributed by atoms with Crippen LogP contribution in [-0.2, 0) is 23.7 Å². The normalized spacial score (nSPS) is 30.4. The number of hydrogen-bond donors (Lipinski definition) is 2. The predicted molar refractivity (Wildman–Crippen MR) is 195 cm³/mol. The number of allylic oxidation sites excluding steroid dienone is 4. The van der Waals surface area contributed by atoms with Crippen LogP contribution in [0.1, 0.15) is 129 Å². The molecule has 0 fully saturated rings. The Kier molecular flexibility index (Phi) is 7.51. The molecule has 6 bridgehead atoms. The highest BCUT2D eigenvalue weighted by atomic mass is 19.1. The van der Waals surface area contributed by atoms with Gasteiger partial charge in [0.2, 0.25) is 0 Å². The molecule has 2 aliphatic carbocycles. The summed E-state index contributed by atoms with van der Waals surface area (Å²) in [6, 6.07) is 7.78. The van der Waals surface area contributed by atoms with Gasteiger partial charge >= 0.3 is 0 Å². The number of alkyl halides is 2. The molecule has 6 atom stereocenters. The van der Waals surface area contributed by atoms with E-state index in [0.29, 0.717) is 22.6 Å². The summed E-state index contributed by atoms with van der Waals surface area (Å²) >= 11 is 0. The molecule has 0 aromatic heterocycles. The average molecular weight is 685 g/mol. The lowest BCUT2D eigenvalue weighted by atomic mass is 9.71. The fourth-order valence-electron chi connectivity index (χ4n) is 8.19. The van der Waals surface area contributed by atoms with Gasteiger partial charge in [0.1, 0.15) is 23.7 Å². The monoisotopic (exact) mass is 684 g/mol. The molecule has 268 valence electrons. The summed E-state index contributed by atoms with van der Waals surface area (Å²) in [7, 11) is 0. The highest BCUT2D eigenvalue weighted by Crippen LogP contribution is 2.57. The first kappa shape index (κ1) is 35.2. The van der Waals surface area contributed by atoms with Crippen molar-refractivity contribution in [3.8, 4) is 11.5 Å². The molecule has 2 N–H and O–H groups in total. The zero-order valence-corrected chi connectivity index (χ0v) is 31.8. The maximum absolute atomic E-state index is 17.8. The van der Waals surface area contributed by atoms with E-state index in [-0.39, 0.29) is 34.8 Å². The van der Waals surface area contributed by atoms with Gasteiger partial charge in [0, 0.05) is 35.1 Å². The molecule has 0 radical (unpaired) electrons. The minimum atomic E-state index is -1.74. The summed E-state index contributed by atoms with van der Waals surface area (Å²) < 4.78 is 49.3. The van der Waals surface area contributed by atoms with Gasteiger partial charge in [-0.3, -0.25) is 0 Å². The maximum atomic E-state index is 17.8. The smallest absolute Gasteiger partial charge is 0.161 e. The number of rotatable bonds is 0. The van der Waals surface area contributed by atoms with E-state index in [1.807, 2.05) is 36.4 Å². The van der Waals surface area contributed by atoms with Gasteiger partial charge in [-0.05, 0) is 79.3 Å². The molecular weight excluding hydrogens is 630 g/mol. The third-order valence-corrected chi connectivity index (χ3v) is 11.5. The van der Waals surface area contributed by atoms with Crippen molar-refractivity contribution in [2.24, 2.45) is 10.8 Å². The molecule has 3 heterocycles. The van der Waals surface area contributed by atoms with E-state index in [2.05, 4.69) is 83.1 Å². The third-order valence-electron chi connectivity index (χ3n) is 11.5. The number of fused-ring (bicyclic) bond motifs is 2. The average Bonchev–Trinajstić information content (AvgIpc) is 3.54. The number of halogens is 2. The Bertz CT molecular complexity index is 1780. The molecule has 2 spiro atoms. The van der Waals surface area contributed by atoms with Crippen LogP contribution in [0.25, 0.3) is 0 Å². The van der Waals surface area contributed by atoms with Gasteiger partial charge in [0.05, 0.1) is 0 Å². The molecule has 2 aromatic carbocycles. The number of aliphatic hydroxyl groups is 2. The molecule has 0 unspecified atom stereocenters. The topological polar surface area (TPSA) is 58.9 Å². The Morgan fingerprint density at radius 3 is 1.20 bits per heavy atom. The van der Waals surface area contributed by atoms with Crippen molar-refractivity contribution in [2.75, 3.05) is 0 Å². The van der Waals surface area contributed by atoms with E-state index in [1.165, 1.54) is 0 Å². The molecular formula is C44H54F2O4. The third kappa shape index (κ3) is 5.34. The van der Waals surface area contributed by atoms with Crippen molar-refractivity contribution in [3.63, 3.8) is 0 Å². The zero-order valence-electron chi connectivity index (χ0n) is 31.8. The highest BCUT2D eigenvalue weighted by molar-refractivity contribution is 5.61. The molecule has 4 nitrogen and oxygen atoms in total. The number of ether oxygens (including phenoxy) is 2. The largest absolute Gasteiger partial charge is 0.479 e. The van der Waals surface area contributed by atoms with Crippen molar-refractivity contribution < 1.29 is 28.5 Å². The Balaban J connectivity index is 1.57. The Hall–Kier alpha value is -3.22. The van der Waals surface area contributed by atoms with Crippen LogP contribution >= 0.6 is 0 Å². The summed E-state index contributed by atoms with van der Waals surface area (Å²) in [6.45, 7) is 24.9. The molecule has 5 aliphatic rings. The summed E-state index contributed by atoms with van der Waals surface area (Å²) in [5.74, 6) is 0.695. The Morgan fingerprint density at radius 1 is 0.560 bits per heavy atom. The van der Waals surface area contributed by atoms with Crippen LogP contribution in [0.2, 0.25) is 0 Å². The van der Waals surface area contributed by atoms with Crippen molar-refractivity contribution >= 4 is 0 Å². The number of benzene rings is 2. The van der Waals surface area contributed by atoms with Crippen molar-refractivity contribution in [3.05, 3.63) is 104 Å². The van der Waals surface area contributed by atoms with Gasteiger partial charge < -0.3 is 19.7 Å². The lowest BCUT2D eigenvalue weighted by Crippen LogP contribution is -2.50. The van der Waals surface area contributed by atoms with Gasteiger partial charge in [0.25, 0.3) is 0 Å². The first-order valence-corrected chi connectivity index (χ1v) is 18.1. The first-order valence-electron chi connectivity index (χ1n) is 18.1. The SMILES string of the molecule is CC(C)(C)C1=C[C@]23Cc4cc(C(C)(C)C)cc(c4O2)[C@H](F)C2=CC(C(C)(C)C)=C[C@]4(Cc5cc(C(C)(C)C)cc(c5O4)[C@@H](F)C(=C1)[C@H]3O)[C@H]2O. The fourth-order valence-corrected chi connectivity index (χ4v) is 8.19. The van der Waals surface area contributed by atoms with Crippen LogP contribution in [0.15, 0.2) is 70.9 Å². The standard InChI is InChI=1S/C44H54F2O4/c1-39(2,3)25-13-23-19-43-21-28(42(10,11)12)18-32(38(43)48)34(46)30-16-26(40(4,5)6)14-24-20-44(50-36(24)30)22-27(41(7,8)9)17-31(37(44)47)33(45)29(15-25)35(23)49-43/h13-18,21-22,33-34,37-38,47-48H,19-20H2,1-12H3/t33-,34+,37-,38+,43-,44+. The van der Waals surface area contributed by atoms with Crippen LogP contribution in [-0.4, -0.2) is 33.6 Å². The minimum Gasteiger partial charge on any atom is -0.479 e. The van der Waals surface area contributed by atoms with E-state index in [0.717, 1.165) is 33.4 Å². The number of hydrogen-bond acceptors (Lipinski definition) is 4. The molecule has 0 saturated carbocycles. The van der Waals surface area contributed by atoms with Crippen LogP contribution in [0.5, 0.6) is 11.5 Å². The fraction of sp³-hybridized carbons (Fsp3) is 0.545. The first-order chi connectivity index (χ1) is 22.8. The second-order valence-electron chi connectivity index (χ2n) is 19.6. The van der Waals surface area contributed by atoms with Crippen molar-refractivity contribution in [1.82, 2.24) is 0 Å². The van der Waals surface area contributed by atoms with Crippen LogP contribution in [0.4, 0.5) is 8.78 Å².